The predicted molar refractivity (Wildman–Crippen MR) is 101 cm³/mol. The average Bonchev–Trinajstić information content (AvgIpc) is 2.59. The lowest BCUT2D eigenvalue weighted by Crippen LogP contribution is -2.40. The quantitative estimate of drug-likeness (QED) is 0.716. The molecule has 0 bridgehead atoms. The molecule has 0 spiro atoms. The van der Waals surface area contributed by atoms with Gasteiger partial charge in [0.2, 0.25) is 5.91 Å². The Kier molecular flexibility index (Phi) is 6.30. The summed E-state index contributed by atoms with van der Waals surface area (Å²) < 4.78 is 66.5. The molecular weight excluding hydrogens is 417 g/mol. The second-order valence-electron chi connectivity index (χ2n) is 6.27. The first-order valence-electron chi connectivity index (χ1n) is 8.00. The summed E-state index contributed by atoms with van der Waals surface area (Å²) in [5, 5.41) is -0.567. The van der Waals surface area contributed by atoms with Gasteiger partial charge in [0.05, 0.1) is 21.2 Å². The number of benzene rings is 2. The third-order valence-corrected chi connectivity index (χ3v) is 6.05. The minimum Gasteiger partial charge on any atom is -0.347 e. The molecule has 5 nitrogen and oxygen atoms in total. The third-order valence-electron chi connectivity index (χ3n) is 3.93. The number of rotatable bonds is 5. The summed E-state index contributed by atoms with van der Waals surface area (Å²) in [4.78, 5) is 13.2. The van der Waals surface area contributed by atoms with Gasteiger partial charge in [0, 0.05) is 14.1 Å². The first-order valence-corrected chi connectivity index (χ1v) is 9.82. The van der Waals surface area contributed by atoms with E-state index in [9.17, 15) is 26.4 Å². The summed E-state index contributed by atoms with van der Waals surface area (Å²) in [6.45, 7) is 1.10. The molecule has 2 aromatic rings. The summed E-state index contributed by atoms with van der Waals surface area (Å²) >= 11 is 5.63. The second kappa shape index (κ2) is 8.00. The van der Waals surface area contributed by atoms with E-state index in [4.69, 9.17) is 11.6 Å². The van der Waals surface area contributed by atoms with E-state index in [1.807, 2.05) is 0 Å². The summed E-state index contributed by atoms with van der Waals surface area (Å²) in [5.41, 5.74) is -0.693. The maximum Gasteiger partial charge on any atom is 0.417 e. The molecular formula is C18H18ClF3N2O3S. The lowest BCUT2D eigenvalue weighted by molar-refractivity contribution is -0.137. The number of carbonyl (C=O) groups excluding carboxylic acids is 1. The summed E-state index contributed by atoms with van der Waals surface area (Å²) in [7, 11) is -1.46. The Balaban J connectivity index is 2.63. The predicted octanol–water partition coefficient (Wildman–Crippen LogP) is 3.95. The van der Waals surface area contributed by atoms with Gasteiger partial charge in [-0.25, -0.2) is 8.42 Å². The van der Waals surface area contributed by atoms with Gasteiger partial charge in [-0.05, 0) is 37.3 Å². The second-order valence-corrected chi connectivity index (χ2v) is 8.54. The highest BCUT2D eigenvalue weighted by molar-refractivity contribution is 7.92. The number of hydrogen-bond acceptors (Lipinski definition) is 3. The Morgan fingerprint density at radius 3 is 2.14 bits per heavy atom. The molecule has 0 N–H and O–H groups in total. The third kappa shape index (κ3) is 4.77. The van der Waals surface area contributed by atoms with E-state index in [1.54, 1.807) is 19.1 Å². The number of amides is 1. The average molecular weight is 435 g/mol. The van der Waals surface area contributed by atoms with Crippen molar-refractivity contribution >= 4 is 33.2 Å². The molecule has 2 rings (SSSR count). The monoisotopic (exact) mass is 434 g/mol. The Morgan fingerprint density at radius 2 is 1.64 bits per heavy atom. The number of carbonyl (C=O) groups is 1. The van der Waals surface area contributed by atoms with Crippen LogP contribution in [-0.4, -0.2) is 39.9 Å². The maximum absolute atomic E-state index is 13.2. The van der Waals surface area contributed by atoms with Crippen molar-refractivity contribution in [2.24, 2.45) is 0 Å². The molecule has 1 amide bonds. The number of alkyl halides is 3. The number of aryl methyl sites for hydroxylation is 1. The molecule has 0 saturated carbocycles. The number of nitrogens with zero attached hydrogens (tertiary/aromatic N) is 2. The van der Waals surface area contributed by atoms with Gasteiger partial charge in [-0.3, -0.25) is 9.10 Å². The van der Waals surface area contributed by atoms with Gasteiger partial charge < -0.3 is 4.90 Å². The molecule has 0 aromatic heterocycles. The van der Waals surface area contributed by atoms with Crippen LogP contribution in [0.1, 0.15) is 11.1 Å². The van der Waals surface area contributed by atoms with Crippen LogP contribution >= 0.6 is 11.6 Å². The normalized spacial score (nSPS) is 12.0. The maximum atomic E-state index is 13.2. The van der Waals surface area contributed by atoms with Gasteiger partial charge in [0.15, 0.2) is 0 Å². The molecule has 0 aliphatic heterocycles. The van der Waals surface area contributed by atoms with Crippen LogP contribution in [0.4, 0.5) is 18.9 Å². The zero-order chi connectivity index (χ0) is 21.3. The van der Waals surface area contributed by atoms with E-state index in [2.05, 4.69) is 0 Å². The number of anilines is 1. The van der Waals surface area contributed by atoms with Crippen LogP contribution in [0, 0.1) is 6.92 Å². The molecule has 0 aliphatic carbocycles. The van der Waals surface area contributed by atoms with E-state index >= 15 is 0 Å². The number of sulfonamides is 1. The highest BCUT2D eigenvalue weighted by Crippen LogP contribution is 2.38. The summed E-state index contributed by atoms with van der Waals surface area (Å²) in [6.07, 6.45) is -4.78. The van der Waals surface area contributed by atoms with E-state index in [1.165, 1.54) is 26.2 Å². The Morgan fingerprint density at radius 1 is 1.07 bits per heavy atom. The number of likely N-dealkylation sites (N-methyl/N-ethyl adjacent to an activating group) is 1. The van der Waals surface area contributed by atoms with Crippen molar-refractivity contribution < 1.29 is 26.4 Å². The van der Waals surface area contributed by atoms with Gasteiger partial charge >= 0.3 is 6.18 Å². The van der Waals surface area contributed by atoms with Crippen molar-refractivity contribution in [3.63, 3.8) is 0 Å². The Labute approximate surface area is 166 Å². The Hall–Kier alpha value is -2.26. The van der Waals surface area contributed by atoms with Gasteiger partial charge in [0.25, 0.3) is 10.0 Å². The molecule has 28 heavy (non-hydrogen) atoms. The SMILES string of the molecule is Cc1ccc(S(=O)(=O)N(CC(=O)N(C)C)c2ccc(Cl)c(C(F)(F)F)c2)cc1. The van der Waals surface area contributed by atoms with E-state index in [0.29, 0.717) is 10.4 Å². The fourth-order valence-electron chi connectivity index (χ4n) is 2.30. The minimum atomic E-state index is -4.78. The smallest absolute Gasteiger partial charge is 0.347 e. The zero-order valence-corrected chi connectivity index (χ0v) is 16.9. The van der Waals surface area contributed by atoms with Crippen molar-refractivity contribution in [2.75, 3.05) is 24.9 Å². The highest BCUT2D eigenvalue weighted by Gasteiger charge is 2.35. The molecule has 0 atom stereocenters. The van der Waals surface area contributed by atoms with Crippen molar-refractivity contribution in [1.82, 2.24) is 4.90 Å². The lowest BCUT2D eigenvalue weighted by atomic mass is 10.2. The molecule has 10 heteroatoms. The van der Waals surface area contributed by atoms with Gasteiger partial charge in [-0.15, -0.1) is 0 Å². The molecule has 0 heterocycles. The molecule has 152 valence electrons. The molecule has 0 saturated heterocycles. The number of hydrogen-bond donors (Lipinski definition) is 0. The van der Waals surface area contributed by atoms with Crippen LogP contribution in [0.3, 0.4) is 0 Å². The molecule has 0 unspecified atom stereocenters. The van der Waals surface area contributed by atoms with Crippen molar-refractivity contribution in [1.29, 1.82) is 0 Å². The fraction of sp³-hybridized carbons (Fsp3) is 0.278. The van der Waals surface area contributed by atoms with Crippen molar-refractivity contribution in [3.8, 4) is 0 Å². The molecule has 2 aromatic carbocycles. The van der Waals surface area contributed by atoms with E-state index in [-0.39, 0.29) is 10.6 Å². The van der Waals surface area contributed by atoms with Crippen LogP contribution in [-0.2, 0) is 21.0 Å². The standard InChI is InChI=1S/C18H18ClF3N2O3S/c1-12-4-7-14(8-5-12)28(26,27)24(11-17(25)23(2)3)13-6-9-16(19)15(10-13)18(20,21)22/h4-10H,11H2,1-3H3. The van der Waals surface area contributed by atoms with Crippen LogP contribution in [0.15, 0.2) is 47.4 Å². The lowest BCUT2D eigenvalue weighted by Gasteiger charge is -2.26. The van der Waals surface area contributed by atoms with Crippen molar-refractivity contribution in [2.45, 2.75) is 18.0 Å². The van der Waals surface area contributed by atoms with Crippen molar-refractivity contribution in [3.05, 3.63) is 58.6 Å². The van der Waals surface area contributed by atoms with E-state index < -0.39 is 39.2 Å². The first-order chi connectivity index (χ1) is 12.8. The van der Waals surface area contributed by atoms with Crippen LogP contribution in [0.2, 0.25) is 5.02 Å². The van der Waals surface area contributed by atoms with Gasteiger partial charge in [-0.1, -0.05) is 29.3 Å². The van der Waals surface area contributed by atoms with Crippen LogP contribution in [0.5, 0.6) is 0 Å². The van der Waals surface area contributed by atoms with Gasteiger partial charge in [0.1, 0.15) is 6.54 Å². The van der Waals surface area contributed by atoms with Gasteiger partial charge in [-0.2, -0.15) is 13.2 Å². The van der Waals surface area contributed by atoms with Crippen LogP contribution in [0.25, 0.3) is 0 Å². The molecule has 0 aliphatic rings. The largest absolute Gasteiger partial charge is 0.417 e. The summed E-state index contributed by atoms with van der Waals surface area (Å²) in [5.74, 6) is -0.598. The number of halogens is 4. The fourth-order valence-corrected chi connectivity index (χ4v) is 3.93. The van der Waals surface area contributed by atoms with Crippen LogP contribution < -0.4 is 4.31 Å². The van der Waals surface area contributed by atoms with E-state index in [0.717, 1.165) is 22.6 Å². The molecule has 0 fully saturated rings. The zero-order valence-electron chi connectivity index (χ0n) is 15.3. The topological polar surface area (TPSA) is 57.7 Å². The highest BCUT2D eigenvalue weighted by atomic mass is 35.5. The Bertz CT molecular complexity index is 975. The minimum absolute atomic E-state index is 0.145. The molecule has 0 radical (unpaired) electrons. The first kappa shape index (κ1) is 22.0. The summed E-state index contributed by atoms with van der Waals surface area (Å²) in [6, 6.07) is 8.49.